The quantitative estimate of drug-likeness (QED) is 0.265. The van der Waals surface area contributed by atoms with Crippen LogP contribution < -0.4 is 0 Å². The number of nitrogens with zero attached hydrogens (tertiary/aromatic N) is 3. The number of esters is 2. The molecule has 1 saturated heterocycles. The fourth-order valence-electron chi connectivity index (χ4n) is 5.02. The summed E-state index contributed by atoms with van der Waals surface area (Å²) in [6.07, 6.45) is 7.22. The predicted molar refractivity (Wildman–Crippen MR) is 159 cm³/mol. The average Bonchev–Trinajstić information content (AvgIpc) is 3.01. The van der Waals surface area contributed by atoms with E-state index in [1.54, 1.807) is 12.1 Å². The van der Waals surface area contributed by atoms with Gasteiger partial charge in [0, 0.05) is 6.54 Å². The molecular formula is C31H39N3O5S. The Hall–Kier alpha value is -3.01. The number of benzene rings is 2. The number of piperidine rings is 1. The predicted octanol–water partition coefficient (Wildman–Crippen LogP) is 4.98. The lowest BCUT2D eigenvalue weighted by Gasteiger charge is -2.29. The second-order valence-corrected chi connectivity index (χ2v) is 10.7. The zero-order chi connectivity index (χ0) is 28.2. The Labute approximate surface area is 241 Å². The van der Waals surface area contributed by atoms with Crippen molar-refractivity contribution in [3.63, 3.8) is 0 Å². The smallest absolute Gasteiger partial charge is 0.337 e. The zero-order valence-corrected chi connectivity index (χ0v) is 24.2. The van der Waals surface area contributed by atoms with Crippen molar-refractivity contribution >= 4 is 34.6 Å². The van der Waals surface area contributed by atoms with Crippen LogP contribution in [0.3, 0.4) is 0 Å². The van der Waals surface area contributed by atoms with Crippen LogP contribution in [0.15, 0.2) is 64.6 Å². The van der Waals surface area contributed by atoms with E-state index in [-0.39, 0.29) is 12.6 Å². The molecule has 9 heteroatoms. The molecule has 0 amide bonds. The van der Waals surface area contributed by atoms with Gasteiger partial charge in [0.15, 0.2) is 5.17 Å². The van der Waals surface area contributed by atoms with Gasteiger partial charge in [-0.25, -0.2) is 9.79 Å². The molecule has 2 aromatic rings. The van der Waals surface area contributed by atoms with Crippen molar-refractivity contribution in [2.75, 3.05) is 52.8 Å². The second-order valence-electron chi connectivity index (χ2n) is 9.97. The first kappa shape index (κ1) is 30.0. The number of likely N-dealkylation sites (tertiary alicyclic amines) is 1. The number of amidine groups is 1. The average molecular weight is 566 g/mol. The SMILES string of the molecule is COC(=O)c1ccc(C2N=C(SC)N=C(COCCN3CCCCC3)C2C(=O)OCCCc2ccccc2)cc1. The molecule has 0 saturated carbocycles. The van der Waals surface area contributed by atoms with Crippen LogP contribution in [0.2, 0.25) is 0 Å². The van der Waals surface area contributed by atoms with Gasteiger partial charge in [0.2, 0.25) is 0 Å². The van der Waals surface area contributed by atoms with Crippen LogP contribution >= 0.6 is 11.8 Å². The van der Waals surface area contributed by atoms with Gasteiger partial charge in [-0.1, -0.05) is 60.6 Å². The lowest BCUT2D eigenvalue weighted by atomic mass is 9.88. The maximum Gasteiger partial charge on any atom is 0.337 e. The molecule has 0 N–H and O–H groups in total. The Morgan fingerprint density at radius 3 is 2.45 bits per heavy atom. The Morgan fingerprint density at radius 2 is 1.75 bits per heavy atom. The summed E-state index contributed by atoms with van der Waals surface area (Å²) in [4.78, 5) is 37.5. The Bertz CT molecular complexity index is 1160. The summed E-state index contributed by atoms with van der Waals surface area (Å²) >= 11 is 1.43. The van der Waals surface area contributed by atoms with Crippen molar-refractivity contribution in [1.29, 1.82) is 0 Å². The van der Waals surface area contributed by atoms with E-state index in [9.17, 15) is 9.59 Å². The third-order valence-corrected chi connectivity index (χ3v) is 7.78. The number of rotatable bonds is 12. The number of carbonyl (C=O) groups is 2. The molecule has 0 bridgehead atoms. The van der Waals surface area contributed by atoms with Crippen molar-refractivity contribution in [2.45, 2.75) is 38.1 Å². The number of carbonyl (C=O) groups excluding carboxylic acids is 2. The monoisotopic (exact) mass is 565 g/mol. The van der Waals surface area contributed by atoms with E-state index in [0.29, 0.717) is 29.7 Å². The van der Waals surface area contributed by atoms with Crippen LogP contribution in [0.4, 0.5) is 0 Å². The van der Waals surface area contributed by atoms with E-state index >= 15 is 0 Å². The molecule has 2 aromatic carbocycles. The van der Waals surface area contributed by atoms with E-state index < -0.39 is 17.9 Å². The van der Waals surface area contributed by atoms with E-state index in [2.05, 4.69) is 17.0 Å². The highest BCUT2D eigenvalue weighted by Crippen LogP contribution is 2.34. The van der Waals surface area contributed by atoms with Crippen LogP contribution in [-0.4, -0.2) is 80.5 Å². The summed E-state index contributed by atoms with van der Waals surface area (Å²) in [6.45, 7) is 4.19. The van der Waals surface area contributed by atoms with Crippen LogP contribution in [0.1, 0.15) is 53.2 Å². The summed E-state index contributed by atoms with van der Waals surface area (Å²) in [6, 6.07) is 16.6. The first-order chi connectivity index (χ1) is 19.6. The van der Waals surface area contributed by atoms with Gasteiger partial charge in [-0.05, 0) is 68.3 Å². The maximum absolute atomic E-state index is 13.6. The van der Waals surface area contributed by atoms with Gasteiger partial charge in [0.25, 0.3) is 0 Å². The molecule has 40 heavy (non-hydrogen) atoms. The third-order valence-electron chi connectivity index (χ3n) is 7.22. The summed E-state index contributed by atoms with van der Waals surface area (Å²) < 4.78 is 16.7. The Morgan fingerprint density at radius 1 is 1.00 bits per heavy atom. The molecule has 2 heterocycles. The molecule has 4 rings (SSSR count). The highest BCUT2D eigenvalue weighted by molar-refractivity contribution is 8.13. The number of aryl methyl sites for hydroxylation is 1. The first-order valence-corrected chi connectivity index (χ1v) is 15.2. The van der Waals surface area contributed by atoms with E-state index in [1.807, 2.05) is 36.6 Å². The van der Waals surface area contributed by atoms with Gasteiger partial charge in [-0.15, -0.1) is 0 Å². The molecule has 2 atom stereocenters. The molecule has 8 nitrogen and oxygen atoms in total. The molecule has 0 radical (unpaired) electrons. The second kappa shape index (κ2) is 15.7. The van der Waals surface area contributed by atoms with Gasteiger partial charge >= 0.3 is 11.9 Å². The van der Waals surface area contributed by atoms with Gasteiger partial charge < -0.3 is 19.1 Å². The van der Waals surface area contributed by atoms with Crippen LogP contribution in [0.25, 0.3) is 0 Å². The maximum atomic E-state index is 13.6. The molecule has 2 aliphatic rings. The zero-order valence-electron chi connectivity index (χ0n) is 23.4. The number of hydrogen-bond donors (Lipinski definition) is 0. The first-order valence-electron chi connectivity index (χ1n) is 14.0. The lowest BCUT2D eigenvalue weighted by molar-refractivity contribution is -0.147. The Balaban J connectivity index is 1.47. The molecule has 1 fully saturated rings. The summed E-state index contributed by atoms with van der Waals surface area (Å²) in [5.41, 5.74) is 3.06. The van der Waals surface area contributed by atoms with E-state index in [4.69, 9.17) is 24.2 Å². The molecule has 0 aromatic heterocycles. The number of methoxy groups -OCH3 is 1. The van der Waals surface area contributed by atoms with Crippen molar-refractivity contribution in [3.8, 4) is 0 Å². The number of ether oxygens (including phenoxy) is 3. The standard InChI is InChI=1S/C31H39N3O5S/c1-37-29(35)25-15-13-24(14-16-25)28-27(30(36)39-20-9-12-23-10-5-3-6-11-23)26(32-31(33-28)40-2)22-38-21-19-34-17-7-4-8-18-34/h3,5-6,10-11,13-16,27-28H,4,7-9,12,17-22H2,1-2H3. The minimum absolute atomic E-state index is 0.230. The number of thioether (sulfide) groups is 1. The van der Waals surface area contributed by atoms with E-state index in [0.717, 1.165) is 38.0 Å². The van der Waals surface area contributed by atoms with Gasteiger partial charge in [0.1, 0.15) is 5.92 Å². The van der Waals surface area contributed by atoms with Crippen LogP contribution in [0.5, 0.6) is 0 Å². The highest BCUT2D eigenvalue weighted by Gasteiger charge is 2.38. The van der Waals surface area contributed by atoms with Crippen molar-refractivity contribution in [1.82, 2.24) is 4.90 Å². The van der Waals surface area contributed by atoms with Gasteiger partial charge in [-0.2, -0.15) is 0 Å². The van der Waals surface area contributed by atoms with Gasteiger partial charge in [-0.3, -0.25) is 9.79 Å². The molecule has 2 aliphatic heterocycles. The van der Waals surface area contributed by atoms with Crippen molar-refractivity contribution in [3.05, 3.63) is 71.3 Å². The topological polar surface area (TPSA) is 89.8 Å². The van der Waals surface area contributed by atoms with Crippen LogP contribution in [0, 0.1) is 5.92 Å². The number of aliphatic imine (C=N–C) groups is 2. The third kappa shape index (κ3) is 8.49. The Kier molecular flexibility index (Phi) is 11.8. The van der Waals surface area contributed by atoms with Crippen molar-refractivity contribution in [2.24, 2.45) is 15.9 Å². The fourth-order valence-corrected chi connectivity index (χ4v) is 5.45. The fraction of sp³-hybridized carbons (Fsp3) is 0.484. The minimum Gasteiger partial charge on any atom is -0.465 e. The molecule has 2 unspecified atom stereocenters. The normalized spacial score (nSPS) is 19.4. The molecule has 0 spiro atoms. The summed E-state index contributed by atoms with van der Waals surface area (Å²) in [5.74, 6) is -1.49. The molecule has 214 valence electrons. The number of hydrogen-bond acceptors (Lipinski definition) is 9. The van der Waals surface area contributed by atoms with E-state index in [1.165, 1.54) is 43.7 Å². The minimum atomic E-state index is -0.716. The highest BCUT2D eigenvalue weighted by atomic mass is 32.2. The summed E-state index contributed by atoms with van der Waals surface area (Å²) in [7, 11) is 1.35. The van der Waals surface area contributed by atoms with Crippen molar-refractivity contribution < 1.29 is 23.8 Å². The largest absolute Gasteiger partial charge is 0.465 e. The summed E-state index contributed by atoms with van der Waals surface area (Å²) in [5, 5.41) is 0.588. The molecule has 0 aliphatic carbocycles. The van der Waals surface area contributed by atoms with Crippen LogP contribution in [-0.2, 0) is 25.4 Å². The lowest BCUT2D eigenvalue weighted by Crippen LogP contribution is -2.38. The van der Waals surface area contributed by atoms with Gasteiger partial charge in [0.05, 0.1) is 44.2 Å². The molecular weight excluding hydrogens is 526 g/mol.